The lowest BCUT2D eigenvalue weighted by molar-refractivity contribution is -0.171. The number of aliphatic carboxylic acids is 1. The molecule has 110 valence electrons. The minimum absolute atomic E-state index is 0.0580. The van der Waals surface area contributed by atoms with Gasteiger partial charge in [0, 0.05) is 26.7 Å². The molecule has 1 amide bonds. The number of amides is 1. The molecule has 1 rings (SSSR count). The number of rotatable bonds is 8. The van der Waals surface area contributed by atoms with Crippen LogP contribution in [0.4, 0.5) is 0 Å². The summed E-state index contributed by atoms with van der Waals surface area (Å²) in [5, 5.41) is 11.3. The number of carbonyl (C=O) groups is 2. The lowest BCUT2D eigenvalue weighted by atomic mass is 9.94. The van der Waals surface area contributed by atoms with E-state index in [1.54, 1.807) is 7.11 Å². The number of carboxylic acid groups (broad SMARTS) is 1. The average Bonchev–Trinajstić information content (AvgIpc) is 2.32. The van der Waals surface area contributed by atoms with Crippen LogP contribution >= 0.6 is 0 Å². The Kier molecular flexibility index (Phi) is 5.71. The summed E-state index contributed by atoms with van der Waals surface area (Å²) in [5.74, 6) is -1.04. The lowest BCUT2D eigenvalue weighted by Gasteiger charge is -2.49. The van der Waals surface area contributed by atoms with Crippen LogP contribution in [0.2, 0.25) is 0 Å². The molecular weight excluding hydrogens is 252 g/mol. The molecule has 1 unspecified atom stereocenters. The van der Waals surface area contributed by atoms with E-state index >= 15 is 0 Å². The summed E-state index contributed by atoms with van der Waals surface area (Å²) in [5.41, 5.74) is -0.473. The summed E-state index contributed by atoms with van der Waals surface area (Å²) in [4.78, 5) is 24.2. The van der Waals surface area contributed by atoms with E-state index < -0.39 is 11.6 Å². The molecule has 19 heavy (non-hydrogen) atoms. The van der Waals surface area contributed by atoms with Crippen LogP contribution in [0.15, 0.2) is 0 Å². The van der Waals surface area contributed by atoms with Crippen molar-refractivity contribution in [2.75, 3.05) is 40.0 Å². The molecule has 1 atom stereocenters. The van der Waals surface area contributed by atoms with Gasteiger partial charge in [-0.25, -0.2) is 4.79 Å². The fourth-order valence-electron chi connectivity index (χ4n) is 2.00. The lowest BCUT2D eigenvalue weighted by Crippen LogP contribution is -2.66. The van der Waals surface area contributed by atoms with Gasteiger partial charge in [-0.3, -0.25) is 9.69 Å². The van der Waals surface area contributed by atoms with Gasteiger partial charge in [0.05, 0.1) is 18.2 Å². The van der Waals surface area contributed by atoms with E-state index in [0.29, 0.717) is 26.2 Å². The van der Waals surface area contributed by atoms with E-state index in [1.165, 1.54) is 0 Å². The van der Waals surface area contributed by atoms with Gasteiger partial charge in [0.1, 0.15) is 6.61 Å². The maximum atomic E-state index is 11.8. The minimum atomic E-state index is -0.981. The molecule has 2 N–H and O–H groups in total. The van der Waals surface area contributed by atoms with Crippen LogP contribution in [0.5, 0.6) is 0 Å². The van der Waals surface area contributed by atoms with Gasteiger partial charge in [0.25, 0.3) is 0 Å². The number of nitrogens with one attached hydrogen (secondary N) is 1. The van der Waals surface area contributed by atoms with Gasteiger partial charge in [-0.2, -0.15) is 0 Å². The quantitative estimate of drug-likeness (QED) is 0.570. The van der Waals surface area contributed by atoms with Crippen molar-refractivity contribution in [3.8, 4) is 0 Å². The van der Waals surface area contributed by atoms with Crippen molar-refractivity contribution in [3.63, 3.8) is 0 Å². The molecule has 0 spiro atoms. The largest absolute Gasteiger partial charge is 0.480 e. The summed E-state index contributed by atoms with van der Waals surface area (Å²) in [6, 6.07) is -0.252. The number of hydrogen-bond donors (Lipinski definition) is 2. The molecule has 7 heteroatoms. The van der Waals surface area contributed by atoms with E-state index in [2.05, 4.69) is 5.32 Å². The SMILES string of the molecule is COCCNC(=O)C(C)N1CC(C)(OCC(=O)O)C1. The van der Waals surface area contributed by atoms with Gasteiger partial charge in [0.2, 0.25) is 5.91 Å². The Morgan fingerprint density at radius 2 is 2.11 bits per heavy atom. The molecule has 1 saturated heterocycles. The number of carboxylic acids is 1. The predicted octanol–water partition coefficient (Wildman–Crippen LogP) is -0.687. The number of methoxy groups -OCH3 is 1. The molecule has 0 aliphatic carbocycles. The summed E-state index contributed by atoms with van der Waals surface area (Å²) in [6.07, 6.45) is 0. The van der Waals surface area contributed by atoms with Gasteiger partial charge in [-0.05, 0) is 13.8 Å². The van der Waals surface area contributed by atoms with E-state index in [4.69, 9.17) is 14.6 Å². The van der Waals surface area contributed by atoms with Crippen molar-refractivity contribution >= 4 is 11.9 Å². The Balaban J connectivity index is 2.28. The molecule has 7 nitrogen and oxygen atoms in total. The highest BCUT2D eigenvalue weighted by Crippen LogP contribution is 2.26. The molecule has 1 fully saturated rings. The number of carbonyl (C=O) groups excluding carboxylic acids is 1. The summed E-state index contributed by atoms with van der Waals surface area (Å²) < 4.78 is 10.1. The maximum Gasteiger partial charge on any atom is 0.329 e. The molecule has 1 aliphatic rings. The van der Waals surface area contributed by atoms with Crippen LogP contribution in [0.3, 0.4) is 0 Å². The fraction of sp³-hybridized carbons (Fsp3) is 0.833. The molecule has 0 aromatic rings. The van der Waals surface area contributed by atoms with Crippen molar-refractivity contribution in [2.45, 2.75) is 25.5 Å². The van der Waals surface area contributed by atoms with Crippen LogP contribution < -0.4 is 5.32 Å². The van der Waals surface area contributed by atoms with Crippen LogP contribution in [0.1, 0.15) is 13.8 Å². The zero-order valence-electron chi connectivity index (χ0n) is 11.6. The highest BCUT2D eigenvalue weighted by atomic mass is 16.5. The molecule has 0 bridgehead atoms. The Hall–Kier alpha value is -1.18. The monoisotopic (exact) mass is 274 g/mol. The first-order valence-corrected chi connectivity index (χ1v) is 6.24. The Morgan fingerprint density at radius 3 is 2.63 bits per heavy atom. The third kappa shape index (κ3) is 4.77. The normalized spacial score (nSPS) is 19.5. The van der Waals surface area contributed by atoms with Crippen LogP contribution in [-0.4, -0.2) is 73.5 Å². The molecular formula is C12H22N2O5. The molecule has 0 radical (unpaired) electrons. The van der Waals surface area contributed by atoms with Crippen molar-refractivity contribution in [1.82, 2.24) is 10.2 Å². The van der Waals surface area contributed by atoms with Gasteiger partial charge in [0.15, 0.2) is 0 Å². The van der Waals surface area contributed by atoms with Crippen LogP contribution in [-0.2, 0) is 19.1 Å². The number of hydrogen-bond acceptors (Lipinski definition) is 5. The Morgan fingerprint density at radius 1 is 1.47 bits per heavy atom. The van der Waals surface area contributed by atoms with Gasteiger partial charge < -0.3 is 19.9 Å². The molecule has 0 saturated carbocycles. The number of nitrogens with zero attached hydrogens (tertiary/aromatic N) is 1. The van der Waals surface area contributed by atoms with Crippen LogP contribution in [0.25, 0.3) is 0 Å². The summed E-state index contributed by atoms with van der Waals surface area (Å²) in [7, 11) is 1.58. The van der Waals surface area contributed by atoms with Crippen molar-refractivity contribution in [3.05, 3.63) is 0 Å². The zero-order chi connectivity index (χ0) is 14.5. The topological polar surface area (TPSA) is 88.1 Å². The minimum Gasteiger partial charge on any atom is -0.480 e. The summed E-state index contributed by atoms with van der Waals surface area (Å²) in [6.45, 7) is 5.44. The molecule has 1 heterocycles. The second-order valence-corrected chi connectivity index (χ2v) is 5.00. The maximum absolute atomic E-state index is 11.8. The van der Waals surface area contributed by atoms with Crippen molar-refractivity contribution in [1.29, 1.82) is 0 Å². The van der Waals surface area contributed by atoms with Crippen molar-refractivity contribution in [2.24, 2.45) is 0 Å². The highest BCUT2D eigenvalue weighted by molar-refractivity contribution is 5.81. The number of likely N-dealkylation sites (tertiary alicyclic amines) is 1. The first-order valence-electron chi connectivity index (χ1n) is 6.24. The van der Waals surface area contributed by atoms with E-state index in [-0.39, 0.29) is 18.6 Å². The van der Waals surface area contributed by atoms with Gasteiger partial charge in [-0.15, -0.1) is 0 Å². The smallest absolute Gasteiger partial charge is 0.329 e. The molecule has 0 aromatic carbocycles. The highest BCUT2D eigenvalue weighted by Gasteiger charge is 2.43. The predicted molar refractivity (Wildman–Crippen MR) is 67.9 cm³/mol. The van der Waals surface area contributed by atoms with Crippen molar-refractivity contribution < 1.29 is 24.2 Å². The Bertz CT molecular complexity index is 328. The summed E-state index contributed by atoms with van der Waals surface area (Å²) >= 11 is 0. The third-order valence-corrected chi connectivity index (χ3v) is 3.15. The van der Waals surface area contributed by atoms with E-state index in [1.807, 2.05) is 18.7 Å². The zero-order valence-corrected chi connectivity index (χ0v) is 11.6. The molecule has 1 aliphatic heterocycles. The van der Waals surface area contributed by atoms with Gasteiger partial charge in [-0.1, -0.05) is 0 Å². The van der Waals surface area contributed by atoms with Crippen LogP contribution in [0, 0.1) is 0 Å². The first kappa shape index (κ1) is 15.9. The Labute approximate surface area is 112 Å². The fourth-order valence-corrected chi connectivity index (χ4v) is 2.00. The van der Waals surface area contributed by atoms with E-state index in [9.17, 15) is 9.59 Å². The van der Waals surface area contributed by atoms with Gasteiger partial charge >= 0.3 is 5.97 Å². The third-order valence-electron chi connectivity index (χ3n) is 3.15. The number of ether oxygens (including phenoxy) is 2. The molecule has 0 aromatic heterocycles. The first-order chi connectivity index (χ1) is 8.88. The van der Waals surface area contributed by atoms with E-state index in [0.717, 1.165) is 0 Å². The second kappa shape index (κ2) is 6.83. The standard InChI is InChI=1S/C12H22N2O5/c1-9(11(17)13-4-5-18-3)14-7-12(2,8-14)19-6-10(15)16/h9H,4-8H2,1-3H3,(H,13,17)(H,15,16). The average molecular weight is 274 g/mol. The second-order valence-electron chi connectivity index (χ2n) is 5.00.